The Hall–Kier alpha value is -4.00. The number of aromatic nitrogens is 2. The Bertz CT molecular complexity index is 1280. The number of methoxy groups -OCH3 is 3. The number of ether oxygens (including phenoxy) is 4. The van der Waals surface area contributed by atoms with E-state index in [9.17, 15) is 4.79 Å². The Morgan fingerprint density at radius 1 is 0.818 bits per heavy atom. The zero-order valence-electron chi connectivity index (χ0n) is 18.9. The molecular formula is C26H26N2O5. The van der Waals surface area contributed by atoms with Crippen molar-refractivity contribution in [1.82, 2.24) is 9.55 Å². The van der Waals surface area contributed by atoms with E-state index in [1.165, 1.54) is 0 Å². The van der Waals surface area contributed by atoms with Crippen LogP contribution in [0.2, 0.25) is 0 Å². The Balaban J connectivity index is 1.62. The summed E-state index contributed by atoms with van der Waals surface area (Å²) in [7, 11) is 4.79. The third-order valence-corrected chi connectivity index (χ3v) is 5.36. The van der Waals surface area contributed by atoms with Gasteiger partial charge >= 0.3 is 0 Å². The highest BCUT2D eigenvalue weighted by molar-refractivity contribution is 5.79. The third-order valence-electron chi connectivity index (χ3n) is 5.36. The Morgan fingerprint density at radius 2 is 1.52 bits per heavy atom. The first kappa shape index (κ1) is 22.2. The van der Waals surface area contributed by atoms with Crippen LogP contribution in [0.4, 0.5) is 0 Å². The third kappa shape index (κ3) is 4.62. The van der Waals surface area contributed by atoms with Crippen LogP contribution in [-0.4, -0.2) is 37.5 Å². The van der Waals surface area contributed by atoms with E-state index in [1.807, 2.05) is 60.7 Å². The molecule has 4 rings (SSSR count). The van der Waals surface area contributed by atoms with Crippen LogP contribution in [0.25, 0.3) is 22.3 Å². The summed E-state index contributed by atoms with van der Waals surface area (Å²) in [6.45, 7) is 0.813. The lowest BCUT2D eigenvalue weighted by atomic mass is 10.1. The van der Waals surface area contributed by atoms with Crippen molar-refractivity contribution in [3.8, 4) is 34.4 Å². The van der Waals surface area contributed by atoms with Crippen LogP contribution >= 0.6 is 0 Å². The summed E-state index contributed by atoms with van der Waals surface area (Å²) in [4.78, 5) is 18.1. The molecule has 0 amide bonds. The van der Waals surface area contributed by atoms with Gasteiger partial charge in [-0.05, 0) is 55.0 Å². The Kier molecular flexibility index (Phi) is 6.78. The standard InChI is InChI=1S/C26H26N2O5/c1-30-19-14-12-18(13-15-19)25-27-21-9-5-4-8-20(21)26(29)28(25)16-7-17-33-24-22(31-2)10-6-11-23(24)32-3/h4-6,8-15H,7,16-17H2,1-3H3. The average molecular weight is 447 g/mol. The van der Waals surface area contributed by atoms with E-state index in [-0.39, 0.29) is 5.56 Å². The maximum Gasteiger partial charge on any atom is 0.261 e. The summed E-state index contributed by atoms with van der Waals surface area (Å²) in [5.41, 5.74) is 1.42. The van der Waals surface area contributed by atoms with Gasteiger partial charge in [-0.2, -0.15) is 0 Å². The fourth-order valence-electron chi connectivity index (χ4n) is 3.69. The lowest BCUT2D eigenvalue weighted by molar-refractivity contribution is 0.265. The average Bonchev–Trinajstić information content (AvgIpc) is 2.87. The number of para-hydroxylation sites is 2. The van der Waals surface area contributed by atoms with Crippen molar-refractivity contribution in [3.63, 3.8) is 0 Å². The van der Waals surface area contributed by atoms with Crippen LogP contribution in [-0.2, 0) is 6.54 Å². The zero-order valence-corrected chi connectivity index (χ0v) is 18.9. The van der Waals surface area contributed by atoms with Gasteiger partial charge < -0.3 is 18.9 Å². The summed E-state index contributed by atoms with van der Waals surface area (Å²) >= 11 is 0. The number of rotatable bonds is 9. The number of benzene rings is 3. The monoisotopic (exact) mass is 446 g/mol. The number of hydrogen-bond donors (Lipinski definition) is 0. The van der Waals surface area contributed by atoms with Crippen LogP contribution in [0.15, 0.2) is 71.5 Å². The fourth-order valence-corrected chi connectivity index (χ4v) is 3.69. The number of fused-ring (bicyclic) bond motifs is 1. The minimum absolute atomic E-state index is 0.0821. The molecule has 33 heavy (non-hydrogen) atoms. The van der Waals surface area contributed by atoms with Crippen molar-refractivity contribution >= 4 is 10.9 Å². The second kappa shape index (κ2) is 10.1. The minimum atomic E-state index is -0.0821. The molecule has 0 unspecified atom stereocenters. The molecule has 1 aromatic heterocycles. The van der Waals surface area contributed by atoms with Gasteiger partial charge in [0.1, 0.15) is 11.6 Å². The van der Waals surface area contributed by atoms with E-state index in [0.717, 1.165) is 11.3 Å². The highest BCUT2D eigenvalue weighted by atomic mass is 16.5. The van der Waals surface area contributed by atoms with E-state index in [4.69, 9.17) is 23.9 Å². The van der Waals surface area contributed by atoms with Crippen molar-refractivity contribution in [2.45, 2.75) is 13.0 Å². The molecule has 0 saturated carbocycles. The first-order valence-electron chi connectivity index (χ1n) is 10.6. The van der Waals surface area contributed by atoms with E-state index in [1.54, 1.807) is 32.0 Å². The topological polar surface area (TPSA) is 71.8 Å². The van der Waals surface area contributed by atoms with Gasteiger partial charge in [0.2, 0.25) is 5.75 Å². The van der Waals surface area contributed by atoms with Gasteiger partial charge in [-0.1, -0.05) is 18.2 Å². The van der Waals surface area contributed by atoms with Gasteiger partial charge in [0, 0.05) is 12.1 Å². The van der Waals surface area contributed by atoms with Crippen molar-refractivity contribution < 1.29 is 18.9 Å². The molecule has 7 heteroatoms. The minimum Gasteiger partial charge on any atom is -0.497 e. The molecule has 0 radical (unpaired) electrons. The van der Waals surface area contributed by atoms with Gasteiger partial charge in [0.15, 0.2) is 11.5 Å². The molecule has 0 N–H and O–H groups in total. The van der Waals surface area contributed by atoms with Crippen LogP contribution in [0.5, 0.6) is 23.0 Å². The molecule has 0 bridgehead atoms. The number of nitrogens with zero attached hydrogens (tertiary/aromatic N) is 2. The molecule has 0 spiro atoms. The Morgan fingerprint density at radius 3 is 2.18 bits per heavy atom. The van der Waals surface area contributed by atoms with Crippen molar-refractivity contribution in [2.75, 3.05) is 27.9 Å². The van der Waals surface area contributed by atoms with E-state index in [0.29, 0.717) is 53.5 Å². The molecule has 0 atom stereocenters. The quantitative estimate of drug-likeness (QED) is 0.351. The van der Waals surface area contributed by atoms with E-state index in [2.05, 4.69) is 0 Å². The molecule has 0 saturated heterocycles. The smallest absolute Gasteiger partial charge is 0.261 e. The molecule has 0 aliphatic rings. The molecule has 0 aliphatic carbocycles. The largest absolute Gasteiger partial charge is 0.497 e. The van der Waals surface area contributed by atoms with Crippen LogP contribution in [0.1, 0.15) is 6.42 Å². The predicted molar refractivity (Wildman–Crippen MR) is 128 cm³/mol. The second-order valence-electron chi connectivity index (χ2n) is 7.33. The molecule has 7 nitrogen and oxygen atoms in total. The van der Waals surface area contributed by atoms with Gasteiger partial charge in [-0.3, -0.25) is 9.36 Å². The molecule has 0 aliphatic heterocycles. The summed E-state index contributed by atoms with van der Waals surface area (Å²) in [6, 6.07) is 20.4. The summed E-state index contributed by atoms with van der Waals surface area (Å²) in [5, 5.41) is 0.585. The maximum atomic E-state index is 13.3. The van der Waals surface area contributed by atoms with Crippen molar-refractivity contribution in [1.29, 1.82) is 0 Å². The van der Waals surface area contributed by atoms with Gasteiger partial charge in [-0.25, -0.2) is 4.98 Å². The molecule has 4 aromatic rings. The second-order valence-corrected chi connectivity index (χ2v) is 7.33. The molecule has 170 valence electrons. The maximum absolute atomic E-state index is 13.3. The van der Waals surface area contributed by atoms with Gasteiger partial charge in [-0.15, -0.1) is 0 Å². The van der Waals surface area contributed by atoms with Crippen LogP contribution < -0.4 is 24.5 Å². The highest BCUT2D eigenvalue weighted by Crippen LogP contribution is 2.36. The zero-order chi connectivity index (χ0) is 23.2. The van der Waals surface area contributed by atoms with E-state index < -0.39 is 0 Å². The van der Waals surface area contributed by atoms with Crippen LogP contribution in [0.3, 0.4) is 0 Å². The van der Waals surface area contributed by atoms with Crippen LogP contribution in [0, 0.1) is 0 Å². The number of hydrogen-bond acceptors (Lipinski definition) is 6. The van der Waals surface area contributed by atoms with Crippen molar-refractivity contribution in [2.24, 2.45) is 0 Å². The molecule has 1 heterocycles. The van der Waals surface area contributed by atoms with Crippen molar-refractivity contribution in [3.05, 3.63) is 77.1 Å². The highest BCUT2D eigenvalue weighted by Gasteiger charge is 2.14. The predicted octanol–water partition coefficient (Wildman–Crippen LogP) is 4.56. The first-order chi connectivity index (χ1) is 16.2. The van der Waals surface area contributed by atoms with Gasteiger partial charge in [0.25, 0.3) is 5.56 Å². The molecule has 3 aromatic carbocycles. The lowest BCUT2D eigenvalue weighted by Crippen LogP contribution is -2.24. The molecule has 0 fully saturated rings. The lowest BCUT2D eigenvalue weighted by Gasteiger charge is -2.16. The summed E-state index contributed by atoms with van der Waals surface area (Å²) in [6.07, 6.45) is 0.588. The SMILES string of the molecule is COc1ccc(-c2nc3ccccc3c(=O)n2CCCOc2c(OC)cccc2OC)cc1. The Labute approximate surface area is 192 Å². The van der Waals surface area contributed by atoms with E-state index >= 15 is 0 Å². The normalized spacial score (nSPS) is 10.8. The summed E-state index contributed by atoms with van der Waals surface area (Å²) < 4.78 is 23.7. The summed E-state index contributed by atoms with van der Waals surface area (Å²) in [5.74, 6) is 3.08. The van der Waals surface area contributed by atoms with Gasteiger partial charge in [0.05, 0.1) is 38.8 Å². The first-order valence-corrected chi connectivity index (χ1v) is 10.6. The fraction of sp³-hybridized carbons (Fsp3) is 0.231. The molecular weight excluding hydrogens is 420 g/mol.